The van der Waals surface area contributed by atoms with Gasteiger partial charge in [-0.25, -0.2) is 4.39 Å². The van der Waals surface area contributed by atoms with Gasteiger partial charge >= 0.3 is 0 Å². The van der Waals surface area contributed by atoms with Gasteiger partial charge in [-0.3, -0.25) is 9.59 Å². The van der Waals surface area contributed by atoms with E-state index in [0.29, 0.717) is 44.2 Å². The molecule has 1 aliphatic rings. The maximum Gasteiger partial charge on any atom is 0.279 e. The van der Waals surface area contributed by atoms with Crippen LogP contribution in [-0.4, -0.2) is 63.2 Å². The van der Waals surface area contributed by atoms with Crippen molar-refractivity contribution in [1.82, 2.24) is 4.90 Å². The Morgan fingerprint density at radius 1 is 1.03 bits per heavy atom. The number of halogens is 1. The molecule has 8 heteroatoms. The van der Waals surface area contributed by atoms with Crippen LogP contribution in [0.2, 0.25) is 0 Å². The number of amides is 2. The third kappa shape index (κ3) is 6.18. The minimum Gasteiger partial charge on any atom is -0.497 e. The van der Waals surface area contributed by atoms with Crippen molar-refractivity contribution in [3.63, 3.8) is 0 Å². The molecule has 2 aromatic carbocycles. The number of hydrogen-bond acceptors (Lipinski definition) is 4. The van der Waals surface area contributed by atoms with E-state index in [1.165, 1.54) is 24.3 Å². The van der Waals surface area contributed by atoms with Crippen LogP contribution in [0.25, 0.3) is 0 Å². The maximum absolute atomic E-state index is 12.9. The lowest BCUT2D eigenvalue weighted by Gasteiger charge is -2.31. The predicted octanol–water partition coefficient (Wildman–Crippen LogP) is 0.579. The van der Waals surface area contributed by atoms with E-state index in [2.05, 4.69) is 5.32 Å². The first-order chi connectivity index (χ1) is 14.0. The van der Waals surface area contributed by atoms with E-state index < -0.39 is 0 Å². The number of rotatable bonds is 7. The molecule has 0 saturated carbocycles. The van der Waals surface area contributed by atoms with Crippen LogP contribution in [0.3, 0.4) is 0 Å². The quantitative estimate of drug-likeness (QED) is 0.711. The minimum atomic E-state index is -0.342. The fourth-order valence-electron chi connectivity index (χ4n) is 3.12. The predicted molar refractivity (Wildman–Crippen MR) is 106 cm³/mol. The number of anilines is 1. The fourth-order valence-corrected chi connectivity index (χ4v) is 3.12. The van der Waals surface area contributed by atoms with Crippen LogP contribution < -0.4 is 19.7 Å². The molecule has 0 aliphatic carbocycles. The Hall–Kier alpha value is -3.13. The highest BCUT2D eigenvalue weighted by atomic mass is 19.1. The molecule has 0 spiro atoms. The number of piperazine rings is 1. The lowest BCUT2D eigenvalue weighted by molar-refractivity contribution is -0.895. The molecule has 0 bridgehead atoms. The Balaban J connectivity index is 1.38. The van der Waals surface area contributed by atoms with Crippen LogP contribution in [-0.2, 0) is 9.59 Å². The van der Waals surface area contributed by atoms with Gasteiger partial charge in [-0.05, 0) is 48.5 Å². The zero-order valence-electron chi connectivity index (χ0n) is 16.3. The third-order valence-corrected chi connectivity index (χ3v) is 4.78. The van der Waals surface area contributed by atoms with Gasteiger partial charge in [-0.1, -0.05) is 0 Å². The molecule has 1 heterocycles. The van der Waals surface area contributed by atoms with E-state index >= 15 is 0 Å². The van der Waals surface area contributed by atoms with Gasteiger partial charge in [0, 0.05) is 5.69 Å². The van der Waals surface area contributed by atoms with Crippen molar-refractivity contribution in [2.75, 3.05) is 51.8 Å². The summed E-state index contributed by atoms with van der Waals surface area (Å²) in [5.74, 6) is 0.794. The van der Waals surface area contributed by atoms with Crippen LogP contribution >= 0.6 is 0 Å². The molecule has 2 aromatic rings. The van der Waals surface area contributed by atoms with Crippen molar-refractivity contribution in [1.29, 1.82) is 0 Å². The van der Waals surface area contributed by atoms with E-state index in [4.69, 9.17) is 9.47 Å². The number of quaternary nitrogens is 1. The molecule has 1 fully saturated rings. The fraction of sp³-hybridized carbons (Fsp3) is 0.333. The number of hydrogen-bond donors (Lipinski definition) is 2. The number of benzene rings is 2. The topological polar surface area (TPSA) is 72.3 Å². The highest BCUT2D eigenvalue weighted by molar-refractivity contribution is 5.91. The van der Waals surface area contributed by atoms with E-state index in [-0.39, 0.29) is 24.2 Å². The van der Waals surface area contributed by atoms with Crippen LogP contribution in [0.5, 0.6) is 11.5 Å². The number of ether oxygens (including phenoxy) is 2. The monoisotopic (exact) mass is 402 g/mol. The van der Waals surface area contributed by atoms with Gasteiger partial charge in [0.2, 0.25) is 0 Å². The molecule has 7 nitrogen and oxygen atoms in total. The van der Waals surface area contributed by atoms with E-state index in [1.807, 2.05) is 0 Å². The summed E-state index contributed by atoms with van der Waals surface area (Å²) in [4.78, 5) is 27.4. The summed E-state index contributed by atoms with van der Waals surface area (Å²) in [5, 5.41) is 2.76. The molecule has 1 saturated heterocycles. The molecule has 0 radical (unpaired) electrons. The molecule has 3 rings (SSSR count). The first kappa shape index (κ1) is 20.6. The highest BCUT2D eigenvalue weighted by Crippen LogP contribution is 2.17. The van der Waals surface area contributed by atoms with Crippen molar-refractivity contribution in [3.05, 3.63) is 54.3 Å². The van der Waals surface area contributed by atoms with Crippen LogP contribution in [0, 0.1) is 5.82 Å². The summed E-state index contributed by atoms with van der Waals surface area (Å²) in [5.41, 5.74) is 0.570. The summed E-state index contributed by atoms with van der Waals surface area (Å²) in [6, 6.07) is 12.7. The first-order valence-electron chi connectivity index (χ1n) is 9.47. The van der Waals surface area contributed by atoms with Gasteiger partial charge < -0.3 is 24.6 Å². The molecular weight excluding hydrogens is 377 g/mol. The number of methoxy groups -OCH3 is 1. The molecule has 2 N–H and O–H groups in total. The molecule has 0 aromatic heterocycles. The molecular formula is C21H25FN3O4+. The maximum atomic E-state index is 12.9. The molecule has 29 heavy (non-hydrogen) atoms. The van der Waals surface area contributed by atoms with Crippen molar-refractivity contribution < 1.29 is 28.4 Å². The molecule has 2 amide bonds. The van der Waals surface area contributed by atoms with Crippen LogP contribution in [0.1, 0.15) is 0 Å². The standard InChI is InChI=1S/C21H24FN3O4/c1-28-18-6-8-19(9-7-18)29-15-21(27)25-12-10-24(11-13-25)14-20(26)23-17-4-2-16(22)3-5-17/h2-9H,10-15H2,1H3,(H,23,26)/p+1. The smallest absolute Gasteiger partial charge is 0.279 e. The summed E-state index contributed by atoms with van der Waals surface area (Å²) < 4.78 is 23.5. The SMILES string of the molecule is COc1ccc(OCC(=O)N2CC[NH+](CC(=O)Nc3ccc(F)cc3)CC2)cc1. The highest BCUT2D eigenvalue weighted by Gasteiger charge is 2.25. The Kier molecular flexibility index (Phi) is 7.02. The molecule has 154 valence electrons. The second-order valence-corrected chi connectivity index (χ2v) is 6.83. The summed E-state index contributed by atoms with van der Waals surface area (Å²) >= 11 is 0. The zero-order valence-corrected chi connectivity index (χ0v) is 16.3. The third-order valence-electron chi connectivity index (χ3n) is 4.78. The lowest BCUT2D eigenvalue weighted by Crippen LogP contribution is -3.15. The summed E-state index contributed by atoms with van der Waals surface area (Å²) in [6.07, 6.45) is 0. The van der Waals surface area contributed by atoms with E-state index in [0.717, 1.165) is 10.6 Å². The van der Waals surface area contributed by atoms with Gasteiger partial charge in [0.25, 0.3) is 11.8 Å². The Bertz CT molecular complexity index is 819. The molecule has 0 unspecified atom stereocenters. The largest absolute Gasteiger partial charge is 0.497 e. The lowest BCUT2D eigenvalue weighted by atomic mass is 10.3. The van der Waals surface area contributed by atoms with E-state index in [1.54, 1.807) is 36.3 Å². The average Bonchev–Trinajstić information content (AvgIpc) is 2.74. The summed E-state index contributed by atoms with van der Waals surface area (Å²) in [7, 11) is 1.59. The molecule has 0 atom stereocenters. The second-order valence-electron chi connectivity index (χ2n) is 6.83. The number of carbonyl (C=O) groups is 2. The van der Waals surface area contributed by atoms with Gasteiger partial charge in [-0.15, -0.1) is 0 Å². The Morgan fingerprint density at radius 3 is 2.28 bits per heavy atom. The normalized spacial score (nSPS) is 14.3. The average molecular weight is 402 g/mol. The number of nitrogens with zero attached hydrogens (tertiary/aromatic N) is 1. The van der Waals surface area contributed by atoms with Gasteiger partial charge in [-0.2, -0.15) is 0 Å². The van der Waals surface area contributed by atoms with Crippen molar-refractivity contribution in [2.24, 2.45) is 0 Å². The van der Waals surface area contributed by atoms with Crippen LogP contribution in [0.4, 0.5) is 10.1 Å². The van der Waals surface area contributed by atoms with Gasteiger partial charge in [0.1, 0.15) is 17.3 Å². The van der Waals surface area contributed by atoms with Crippen molar-refractivity contribution >= 4 is 17.5 Å². The van der Waals surface area contributed by atoms with Crippen LogP contribution in [0.15, 0.2) is 48.5 Å². The Labute approximate surface area is 169 Å². The van der Waals surface area contributed by atoms with E-state index in [9.17, 15) is 14.0 Å². The molecule has 1 aliphatic heterocycles. The zero-order chi connectivity index (χ0) is 20.6. The number of carbonyl (C=O) groups excluding carboxylic acids is 2. The van der Waals surface area contributed by atoms with Gasteiger partial charge in [0.15, 0.2) is 13.2 Å². The van der Waals surface area contributed by atoms with Gasteiger partial charge in [0.05, 0.1) is 33.3 Å². The first-order valence-corrected chi connectivity index (χ1v) is 9.47. The summed E-state index contributed by atoms with van der Waals surface area (Å²) in [6.45, 7) is 2.80. The van der Waals surface area contributed by atoms with Crippen molar-refractivity contribution in [3.8, 4) is 11.5 Å². The minimum absolute atomic E-state index is 0.0211. The second kappa shape index (κ2) is 9.88. The van der Waals surface area contributed by atoms with Crippen molar-refractivity contribution in [2.45, 2.75) is 0 Å². The number of nitrogens with one attached hydrogen (secondary N) is 2. The Morgan fingerprint density at radius 2 is 1.66 bits per heavy atom.